The molecule has 0 fully saturated rings. The molecule has 1 aromatic rings. The Morgan fingerprint density at radius 1 is 1.53 bits per heavy atom. The number of aliphatic hydroxyl groups excluding tert-OH is 1. The summed E-state index contributed by atoms with van der Waals surface area (Å²) in [5.74, 6) is -0.688. The van der Waals surface area contributed by atoms with E-state index in [1.807, 2.05) is 19.0 Å². The van der Waals surface area contributed by atoms with Gasteiger partial charge in [0.05, 0.1) is 6.61 Å². The van der Waals surface area contributed by atoms with Gasteiger partial charge in [0.1, 0.15) is 0 Å². The van der Waals surface area contributed by atoms with E-state index in [1.165, 1.54) is 0 Å². The molecule has 0 aliphatic heterocycles. The van der Waals surface area contributed by atoms with Gasteiger partial charge in [-0.15, -0.1) is 0 Å². The third-order valence-electron chi connectivity index (χ3n) is 2.30. The van der Waals surface area contributed by atoms with Crippen molar-refractivity contribution in [1.29, 1.82) is 0 Å². The van der Waals surface area contributed by atoms with Gasteiger partial charge in [-0.3, -0.25) is 0 Å². The number of esters is 1. The van der Waals surface area contributed by atoms with E-state index in [9.17, 15) is 9.90 Å². The van der Waals surface area contributed by atoms with Crippen LogP contribution < -0.4 is 4.90 Å². The summed E-state index contributed by atoms with van der Waals surface area (Å²) in [5.41, 5.74) is 1.26. The SMILES string of the molecule is CCOC(=O)C(O)c1ccc(N(C)C)cc1Cl. The van der Waals surface area contributed by atoms with Crippen molar-refractivity contribution in [3.05, 3.63) is 28.8 Å². The number of aliphatic hydroxyl groups is 1. The van der Waals surface area contributed by atoms with Gasteiger partial charge >= 0.3 is 5.97 Å². The summed E-state index contributed by atoms with van der Waals surface area (Å²) in [5, 5.41) is 10.1. The summed E-state index contributed by atoms with van der Waals surface area (Å²) in [7, 11) is 3.76. The smallest absolute Gasteiger partial charge is 0.339 e. The van der Waals surface area contributed by atoms with Crippen molar-refractivity contribution < 1.29 is 14.6 Å². The van der Waals surface area contributed by atoms with Gasteiger partial charge in [-0.2, -0.15) is 0 Å². The van der Waals surface area contributed by atoms with E-state index in [1.54, 1.807) is 25.1 Å². The molecule has 0 saturated heterocycles. The molecular formula is C12H16ClNO3. The number of nitrogens with zero attached hydrogens (tertiary/aromatic N) is 1. The zero-order valence-electron chi connectivity index (χ0n) is 10.1. The quantitative estimate of drug-likeness (QED) is 0.839. The van der Waals surface area contributed by atoms with Gasteiger partial charge in [-0.05, 0) is 19.1 Å². The van der Waals surface area contributed by atoms with Gasteiger partial charge < -0.3 is 14.7 Å². The van der Waals surface area contributed by atoms with Crippen LogP contribution in [-0.2, 0) is 9.53 Å². The van der Waals surface area contributed by atoms with Gasteiger partial charge in [-0.25, -0.2) is 4.79 Å². The number of carbonyl (C=O) groups excluding carboxylic acids is 1. The van der Waals surface area contributed by atoms with E-state index in [4.69, 9.17) is 16.3 Å². The molecule has 0 bridgehead atoms. The molecule has 4 nitrogen and oxygen atoms in total. The normalized spacial score (nSPS) is 12.1. The maximum absolute atomic E-state index is 11.4. The van der Waals surface area contributed by atoms with Crippen LogP contribution in [-0.4, -0.2) is 31.8 Å². The van der Waals surface area contributed by atoms with E-state index < -0.39 is 12.1 Å². The Morgan fingerprint density at radius 3 is 2.65 bits per heavy atom. The van der Waals surface area contributed by atoms with Crippen molar-refractivity contribution in [1.82, 2.24) is 0 Å². The molecule has 0 aliphatic rings. The average molecular weight is 258 g/mol. The molecule has 5 heteroatoms. The van der Waals surface area contributed by atoms with E-state index in [2.05, 4.69) is 0 Å². The van der Waals surface area contributed by atoms with Crippen LogP contribution in [0.5, 0.6) is 0 Å². The molecule has 17 heavy (non-hydrogen) atoms. The fourth-order valence-electron chi connectivity index (χ4n) is 1.36. The van der Waals surface area contributed by atoms with E-state index >= 15 is 0 Å². The number of carbonyl (C=O) groups is 1. The molecule has 0 spiro atoms. The van der Waals surface area contributed by atoms with Crippen molar-refractivity contribution in [2.45, 2.75) is 13.0 Å². The monoisotopic (exact) mass is 257 g/mol. The predicted molar refractivity (Wildman–Crippen MR) is 67.4 cm³/mol. The molecule has 0 aliphatic carbocycles. The number of halogens is 1. The number of hydrogen-bond acceptors (Lipinski definition) is 4. The highest BCUT2D eigenvalue weighted by Crippen LogP contribution is 2.27. The first-order valence-corrected chi connectivity index (χ1v) is 5.66. The van der Waals surface area contributed by atoms with Crippen LogP contribution in [0.2, 0.25) is 5.02 Å². The van der Waals surface area contributed by atoms with Gasteiger partial charge in [-0.1, -0.05) is 17.7 Å². The Hall–Kier alpha value is -1.26. The summed E-state index contributed by atoms with van der Waals surface area (Å²) in [4.78, 5) is 13.3. The van der Waals surface area contributed by atoms with E-state index in [0.717, 1.165) is 5.69 Å². The molecule has 94 valence electrons. The number of benzene rings is 1. The zero-order chi connectivity index (χ0) is 13.0. The second-order valence-electron chi connectivity index (χ2n) is 3.75. The molecule has 0 heterocycles. The van der Waals surface area contributed by atoms with Crippen LogP contribution in [0.1, 0.15) is 18.6 Å². The van der Waals surface area contributed by atoms with Gasteiger partial charge in [0, 0.05) is 30.4 Å². The fraction of sp³-hybridized carbons (Fsp3) is 0.417. The number of rotatable bonds is 4. The summed E-state index contributed by atoms with van der Waals surface area (Å²) in [6, 6.07) is 5.10. The van der Waals surface area contributed by atoms with Gasteiger partial charge in [0.15, 0.2) is 6.10 Å². The molecule has 0 aromatic heterocycles. The van der Waals surface area contributed by atoms with Gasteiger partial charge in [0.2, 0.25) is 0 Å². The van der Waals surface area contributed by atoms with Crippen LogP contribution >= 0.6 is 11.6 Å². The summed E-state index contributed by atoms with van der Waals surface area (Å²) in [6.45, 7) is 1.91. The second kappa shape index (κ2) is 5.89. The molecule has 1 N–H and O–H groups in total. The van der Waals surface area contributed by atoms with Crippen LogP contribution in [0.4, 0.5) is 5.69 Å². The number of anilines is 1. The van der Waals surface area contributed by atoms with Crippen molar-refractivity contribution in [3.63, 3.8) is 0 Å². The molecule has 0 saturated carbocycles. The molecular weight excluding hydrogens is 242 g/mol. The molecule has 0 radical (unpaired) electrons. The third-order valence-corrected chi connectivity index (χ3v) is 2.63. The Labute approximate surface area is 106 Å². The van der Waals surface area contributed by atoms with Crippen molar-refractivity contribution in [2.24, 2.45) is 0 Å². The lowest BCUT2D eigenvalue weighted by Crippen LogP contribution is -2.16. The summed E-state index contributed by atoms with van der Waals surface area (Å²) in [6.07, 6.45) is -1.33. The number of ether oxygens (including phenoxy) is 1. The summed E-state index contributed by atoms with van der Waals surface area (Å²) < 4.78 is 4.73. The first-order valence-electron chi connectivity index (χ1n) is 5.28. The minimum atomic E-state index is -1.33. The lowest BCUT2D eigenvalue weighted by molar-refractivity contribution is -0.153. The topological polar surface area (TPSA) is 49.8 Å². The predicted octanol–water partition coefficient (Wildman–Crippen LogP) is 2.00. The standard InChI is InChI=1S/C12H16ClNO3/c1-4-17-12(16)11(15)9-6-5-8(14(2)3)7-10(9)13/h5-7,11,15H,4H2,1-3H3. The molecule has 0 amide bonds. The minimum Gasteiger partial charge on any atom is -0.464 e. The first kappa shape index (κ1) is 13.8. The lowest BCUT2D eigenvalue weighted by atomic mass is 10.1. The zero-order valence-corrected chi connectivity index (χ0v) is 10.9. The highest BCUT2D eigenvalue weighted by atomic mass is 35.5. The first-order chi connectivity index (χ1) is 7.97. The van der Waals surface area contributed by atoms with Gasteiger partial charge in [0.25, 0.3) is 0 Å². The lowest BCUT2D eigenvalue weighted by Gasteiger charge is -2.16. The van der Waals surface area contributed by atoms with Crippen molar-refractivity contribution in [3.8, 4) is 0 Å². The fourth-order valence-corrected chi connectivity index (χ4v) is 1.64. The minimum absolute atomic E-state index is 0.225. The van der Waals surface area contributed by atoms with Crippen LogP contribution in [0, 0.1) is 0 Å². The molecule has 1 aromatic carbocycles. The number of hydrogen-bond donors (Lipinski definition) is 1. The van der Waals surface area contributed by atoms with Crippen LogP contribution in [0.25, 0.3) is 0 Å². The maximum atomic E-state index is 11.4. The van der Waals surface area contributed by atoms with Crippen LogP contribution in [0.15, 0.2) is 18.2 Å². The Bertz CT molecular complexity index is 407. The highest BCUT2D eigenvalue weighted by Gasteiger charge is 2.21. The van der Waals surface area contributed by atoms with Crippen molar-refractivity contribution >= 4 is 23.3 Å². The van der Waals surface area contributed by atoms with Crippen LogP contribution in [0.3, 0.4) is 0 Å². The Kier molecular flexibility index (Phi) is 4.78. The highest BCUT2D eigenvalue weighted by molar-refractivity contribution is 6.31. The maximum Gasteiger partial charge on any atom is 0.339 e. The Balaban J connectivity index is 2.95. The molecule has 1 atom stereocenters. The Morgan fingerprint density at radius 2 is 2.18 bits per heavy atom. The summed E-state index contributed by atoms with van der Waals surface area (Å²) >= 11 is 6.02. The van der Waals surface area contributed by atoms with Crippen molar-refractivity contribution in [2.75, 3.05) is 25.6 Å². The third kappa shape index (κ3) is 3.35. The second-order valence-corrected chi connectivity index (χ2v) is 4.16. The van der Waals surface area contributed by atoms with E-state index in [0.29, 0.717) is 10.6 Å². The largest absolute Gasteiger partial charge is 0.464 e. The molecule has 1 rings (SSSR count). The van der Waals surface area contributed by atoms with E-state index in [-0.39, 0.29) is 6.61 Å². The molecule has 1 unspecified atom stereocenters. The average Bonchev–Trinajstić information content (AvgIpc) is 2.28.